The number of likely N-dealkylation sites (tertiary alicyclic amines) is 1. The average Bonchev–Trinajstić information content (AvgIpc) is 2.76. The molecule has 0 saturated carbocycles. The molecule has 18 heavy (non-hydrogen) atoms. The Morgan fingerprint density at radius 3 is 3.17 bits per heavy atom. The lowest BCUT2D eigenvalue weighted by Crippen LogP contribution is -2.44. The van der Waals surface area contributed by atoms with Crippen LogP contribution in [0.4, 0.5) is 0 Å². The summed E-state index contributed by atoms with van der Waals surface area (Å²) in [6.07, 6.45) is 4.88. The molecule has 1 aliphatic heterocycles. The molecule has 0 bridgehead atoms. The Morgan fingerprint density at radius 1 is 1.67 bits per heavy atom. The van der Waals surface area contributed by atoms with Crippen LogP contribution in [0.1, 0.15) is 31.1 Å². The number of rotatable bonds is 4. The summed E-state index contributed by atoms with van der Waals surface area (Å²) in [4.78, 5) is 19.2. The maximum absolute atomic E-state index is 11.9. The van der Waals surface area contributed by atoms with Crippen molar-refractivity contribution in [3.05, 3.63) is 15.5 Å². The van der Waals surface area contributed by atoms with Crippen molar-refractivity contribution in [2.24, 2.45) is 0 Å². The molecule has 0 amide bonds. The largest absolute Gasteiger partial charge is 0.465 e. The van der Waals surface area contributed by atoms with Gasteiger partial charge < -0.3 is 4.74 Å². The van der Waals surface area contributed by atoms with Gasteiger partial charge in [0, 0.05) is 17.6 Å². The highest BCUT2D eigenvalue weighted by atomic mass is 35.5. The van der Waals surface area contributed by atoms with E-state index in [4.69, 9.17) is 16.3 Å². The van der Waals surface area contributed by atoms with E-state index in [1.807, 2.05) is 6.92 Å². The zero-order chi connectivity index (χ0) is 13.0. The summed E-state index contributed by atoms with van der Waals surface area (Å²) in [5, 5.41) is 0. The molecule has 0 spiro atoms. The predicted molar refractivity (Wildman–Crippen MR) is 71.8 cm³/mol. The van der Waals surface area contributed by atoms with Crippen molar-refractivity contribution in [3.8, 4) is 0 Å². The maximum atomic E-state index is 11.9. The molecule has 1 aliphatic rings. The first-order valence-electron chi connectivity index (χ1n) is 6.21. The van der Waals surface area contributed by atoms with E-state index in [9.17, 15) is 4.79 Å². The van der Waals surface area contributed by atoms with E-state index in [1.165, 1.54) is 11.3 Å². The number of hydrogen-bond donors (Lipinski definition) is 0. The number of esters is 1. The summed E-state index contributed by atoms with van der Waals surface area (Å²) in [6, 6.07) is -0.112. The van der Waals surface area contributed by atoms with Crippen LogP contribution in [0.5, 0.6) is 0 Å². The van der Waals surface area contributed by atoms with Crippen LogP contribution in [-0.4, -0.2) is 35.0 Å². The second kappa shape index (κ2) is 6.50. The summed E-state index contributed by atoms with van der Waals surface area (Å²) in [5.41, 5.74) is 0. The summed E-state index contributed by atoms with van der Waals surface area (Å²) in [5.74, 6) is -0.104. The van der Waals surface area contributed by atoms with Crippen LogP contribution in [0, 0.1) is 0 Å². The van der Waals surface area contributed by atoms with Crippen molar-refractivity contribution >= 4 is 28.9 Å². The smallest absolute Gasteiger partial charge is 0.323 e. The molecule has 2 rings (SSSR count). The van der Waals surface area contributed by atoms with Crippen molar-refractivity contribution < 1.29 is 9.53 Å². The fraction of sp³-hybridized carbons (Fsp3) is 0.667. The van der Waals surface area contributed by atoms with Crippen molar-refractivity contribution in [3.63, 3.8) is 0 Å². The second-order valence-corrected chi connectivity index (χ2v) is 6.01. The van der Waals surface area contributed by atoms with E-state index in [0.717, 1.165) is 37.2 Å². The Kier molecular flexibility index (Phi) is 4.97. The number of carbonyl (C=O) groups excluding carboxylic acids is 1. The maximum Gasteiger partial charge on any atom is 0.323 e. The summed E-state index contributed by atoms with van der Waals surface area (Å²) >= 11 is 7.29. The van der Waals surface area contributed by atoms with E-state index >= 15 is 0 Å². The fourth-order valence-corrected chi connectivity index (χ4v) is 3.25. The molecule has 0 N–H and O–H groups in total. The van der Waals surface area contributed by atoms with Crippen LogP contribution in [0.25, 0.3) is 0 Å². The highest BCUT2D eigenvalue weighted by molar-refractivity contribution is 7.15. The summed E-state index contributed by atoms with van der Waals surface area (Å²) < 4.78 is 5.69. The molecule has 0 radical (unpaired) electrons. The molecule has 1 aromatic heterocycles. The third-order valence-electron chi connectivity index (χ3n) is 3.06. The zero-order valence-electron chi connectivity index (χ0n) is 10.4. The van der Waals surface area contributed by atoms with Gasteiger partial charge in [0.2, 0.25) is 0 Å². The lowest BCUT2D eigenvalue weighted by atomic mass is 10.0. The van der Waals surface area contributed by atoms with Gasteiger partial charge in [-0.2, -0.15) is 0 Å². The Balaban J connectivity index is 2.01. The molecule has 1 saturated heterocycles. The van der Waals surface area contributed by atoms with Gasteiger partial charge in [0.1, 0.15) is 6.04 Å². The number of carbonyl (C=O) groups is 1. The topological polar surface area (TPSA) is 42.4 Å². The Morgan fingerprint density at radius 2 is 2.50 bits per heavy atom. The Bertz CT molecular complexity index is 411. The Labute approximate surface area is 116 Å². The van der Waals surface area contributed by atoms with Crippen LogP contribution in [0.15, 0.2) is 6.20 Å². The van der Waals surface area contributed by atoms with E-state index in [1.54, 1.807) is 6.20 Å². The number of nitrogens with zero attached hydrogens (tertiary/aromatic N) is 2. The number of halogens is 1. The molecule has 0 aliphatic carbocycles. The van der Waals surface area contributed by atoms with Gasteiger partial charge in [0.25, 0.3) is 0 Å². The quantitative estimate of drug-likeness (QED) is 0.799. The second-order valence-electron chi connectivity index (χ2n) is 4.31. The van der Waals surface area contributed by atoms with E-state index < -0.39 is 0 Å². The highest BCUT2D eigenvalue weighted by Crippen LogP contribution is 2.24. The first kappa shape index (κ1) is 13.8. The van der Waals surface area contributed by atoms with Crippen molar-refractivity contribution in [2.75, 3.05) is 13.2 Å². The van der Waals surface area contributed by atoms with E-state index in [-0.39, 0.29) is 12.0 Å². The van der Waals surface area contributed by atoms with Crippen LogP contribution in [0.3, 0.4) is 0 Å². The summed E-state index contributed by atoms with van der Waals surface area (Å²) in [6.45, 7) is 3.94. The van der Waals surface area contributed by atoms with Crippen molar-refractivity contribution in [1.29, 1.82) is 0 Å². The molecule has 1 atom stereocenters. The number of ether oxygens (including phenoxy) is 1. The SMILES string of the molecule is CCOC(=O)C1CCCCN1Cc1cnc(Cl)s1. The molecular weight excluding hydrogens is 272 g/mol. The average molecular weight is 289 g/mol. The molecule has 0 aromatic carbocycles. The highest BCUT2D eigenvalue weighted by Gasteiger charge is 2.29. The zero-order valence-corrected chi connectivity index (χ0v) is 12.0. The van der Waals surface area contributed by atoms with Gasteiger partial charge >= 0.3 is 5.97 Å². The normalized spacial score (nSPS) is 20.9. The molecule has 4 nitrogen and oxygen atoms in total. The summed E-state index contributed by atoms with van der Waals surface area (Å²) in [7, 11) is 0. The fourth-order valence-electron chi connectivity index (χ4n) is 2.24. The van der Waals surface area contributed by atoms with Gasteiger partial charge in [-0.05, 0) is 26.3 Å². The van der Waals surface area contributed by atoms with E-state index in [0.29, 0.717) is 11.1 Å². The van der Waals surface area contributed by atoms with Crippen molar-refractivity contribution in [1.82, 2.24) is 9.88 Å². The number of aromatic nitrogens is 1. The standard InChI is InChI=1S/C12H17ClN2O2S/c1-2-17-11(16)10-5-3-4-6-15(10)8-9-7-14-12(13)18-9/h7,10H,2-6,8H2,1H3. The van der Waals surface area contributed by atoms with Crippen LogP contribution < -0.4 is 0 Å². The third-order valence-corrected chi connectivity index (χ3v) is 4.16. The lowest BCUT2D eigenvalue weighted by molar-refractivity contribution is -0.151. The van der Waals surface area contributed by atoms with Crippen LogP contribution in [0.2, 0.25) is 4.47 Å². The van der Waals surface area contributed by atoms with E-state index in [2.05, 4.69) is 9.88 Å². The molecule has 1 fully saturated rings. The molecule has 100 valence electrons. The number of thiazole rings is 1. The van der Waals surface area contributed by atoms with Gasteiger partial charge in [0.15, 0.2) is 4.47 Å². The molecule has 1 unspecified atom stereocenters. The van der Waals surface area contributed by atoms with Crippen LogP contribution >= 0.6 is 22.9 Å². The van der Waals surface area contributed by atoms with Crippen LogP contribution in [-0.2, 0) is 16.1 Å². The third kappa shape index (κ3) is 3.43. The minimum Gasteiger partial charge on any atom is -0.465 e. The van der Waals surface area contributed by atoms with Crippen molar-refractivity contribution in [2.45, 2.75) is 38.8 Å². The first-order chi connectivity index (χ1) is 8.70. The van der Waals surface area contributed by atoms with Gasteiger partial charge in [0.05, 0.1) is 6.61 Å². The molecule has 1 aromatic rings. The molecule has 2 heterocycles. The number of piperidine rings is 1. The lowest BCUT2D eigenvalue weighted by Gasteiger charge is -2.33. The van der Waals surface area contributed by atoms with Gasteiger partial charge in [-0.3, -0.25) is 9.69 Å². The van der Waals surface area contributed by atoms with Gasteiger partial charge in [-0.25, -0.2) is 4.98 Å². The van der Waals surface area contributed by atoms with Gasteiger partial charge in [-0.1, -0.05) is 18.0 Å². The molecular formula is C12H17ClN2O2S. The minimum atomic E-state index is -0.112. The van der Waals surface area contributed by atoms with Gasteiger partial charge in [-0.15, -0.1) is 11.3 Å². The monoisotopic (exact) mass is 288 g/mol. The number of hydrogen-bond acceptors (Lipinski definition) is 5. The predicted octanol–water partition coefficient (Wildman–Crippen LogP) is 2.71. The molecule has 6 heteroatoms. The first-order valence-corrected chi connectivity index (χ1v) is 7.41. The Hall–Kier alpha value is -0.650. The minimum absolute atomic E-state index is 0.104.